The highest BCUT2D eigenvalue weighted by Crippen LogP contribution is 2.17. The van der Waals surface area contributed by atoms with Crippen molar-refractivity contribution < 1.29 is 18.3 Å². The lowest BCUT2D eigenvalue weighted by Crippen LogP contribution is -2.47. The van der Waals surface area contributed by atoms with E-state index in [1.807, 2.05) is 0 Å². The second-order valence-electron chi connectivity index (χ2n) is 5.02. The fourth-order valence-corrected chi connectivity index (χ4v) is 3.82. The number of aliphatic hydroxyl groups is 1. The molecule has 1 aromatic heterocycles. The Balaban J connectivity index is 2.03. The highest BCUT2D eigenvalue weighted by molar-refractivity contribution is 7.89. The lowest BCUT2D eigenvalue weighted by Gasteiger charge is -2.32. The van der Waals surface area contributed by atoms with Gasteiger partial charge in [0.2, 0.25) is 10.0 Å². The number of aromatic amines is 1. The van der Waals surface area contributed by atoms with Gasteiger partial charge in [-0.15, -0.1) is 0 Å². The first kappa shape index (κ1) is 16.4. The first-order valence-electron chi connectivity index (χ1n) is 6.96. The van der Waals surface area contributed by atoms with Gasteiger partial charge in [0, 0.05) is 19.6 Å². The number of nitrogens with zero attached hydrogens (tertiary/aromatic N) is 2. The lowest BCUT2D eigenvalue weighted by molar-refractivity contribution is -0.0229. The summed E-state index contributed by atoms with van der Waals surface area (Å²) >= 11 is 0. The zero-order chi connectivity index (χ0) is 15.5. The van der Waals surface area contributed by atoms with Gasteiger partial charge in [-0.25, -0.2) is 13.1 Å². The van der Waals surface area contributed by atoms with E-state index in [1.165, 1.54) is 0 Å². The van der Waals surface area contributed by atoms with Crippen LogP contribution >= 0.6 is 0 Å². The molecule has 2 rings (SSSR count). The van der Waals surface area contributed by atoms with Crippen LogP contribution in [0.25, 0.3) is 0 Å². The molecule has 0 aromatic carbocycles. The Hall–Kier alpha value is -1.00. The summed E-state index contributed by atoms with van der Waals surface area (Å²) in [7, 11) is -3.72. The van der Waals surface area contributed by atoms with Crippen molar-refractivity contribution in [1.82, 2.24) is 19.8 Å². The Morgan fingerprint density at radius 1 is 1.57 bits per heavy atom. The van der Waals surface area contributed by atoms with Gasteiger partial charge < -0.3 is 9.84 Å². The smallest absolute Gasteiger partial charge is 0.244 e. The van der Waals surface area contributed by atoms with E-state index in [1.54, 1.807) is 6.92 Å². The van der Waals surface area contributed by atoms with E-state index >= 15 is 0 Å². The Labute approximate surface area is 124 Å². The Morgan fingerprint density at radius 3 is 3.00 bits per heavy atom. The average molecular weight is 318 g/mol. The molecule has 9 heteroatoms. The number of hydrogen-bond donors (Lipinski definition) is 3. The molecule has 0 spiro atoms. The fourth-order valence-electron chi connectivity index (χ4n) is 2.40. The van der Waals surface area contributed by atoms with Crippen LogP contribution < -0.4 is 4.72 Å². The van der Waals surface area contributed by atoms with E-state index in [9.17, 15) is 13.5 Å². The van der Waals surface area contributed by atoms with Gasteiger partial charge in [-0.05, 0) is 13.5 Å². The number of morpholine rings is 1. The number of aryl methyl sites for hydroxylation is 1. The summed E-state index contributed by atoms with van der Waals surface area (Å²) < 4.78 is 32.8. The molecule has 0 aliphatic carbocycles. The molecule has 120 valence electrons. The standard InChI is InChI=1S/C12H22N4O4S/c1-3-16-4-5-20-10(7-16)6-13-21(18,19)12-9(2)14-15-11(12)8-17/h10,13,17H,3-8H2,1-2H3,(H,14,15). The summed E-state index contributed by atoms with van der Waals surface area (Å²) in [5, 5.41) is 15.5. The zero-order valence-electron chi connectivity index (χ0n) is 12.3. The van der Waals surface area contributed by atoms with Crippen LogP contribution in [0.2, 0.25) is 0 Å². The van der Waals surface area contributed by atoms with Gasteiger partial charge in [0.15, 0.2) is 0 Å². The van der Waals surface area contributed by atoms with E-state index in [4.69, 9.17) is 4.74 Å². The number of likely N-dealkylation sites (N-methyl/N-ethyl adjacent to an activating group) is 1. The van der Waals surface area contributed by atoms with Crippen molar-refractivity contribution in [2.24, 2.45) is 0 Å². The maximum Gasteiger partial charge on any atom is 0.244 e. The normalized spacial score (nSPS) is 20.8. The molecule has 0 saturated carbocycles. The summed E-state index contributed by atoms with van der Waals surface area (Å²) in [5.74, 6) is 0. The van der Waals surface area contributed by atoms with E-state index in [0.717, 1.165) is 13.1 Å². The van der Waals surface area contributed by atoms with Gasteiger partial charge in [-0.3, -0.25) is 10.00 Å². The molecule has 1 aromatic rings. The van der Waals surface area contributed by atoms with E-state index in [2.05, 4.69) is 26.7 Å². The fraction of sp³-hybridized carbons (Fsp3) is 0.750. The first-order chi connectivity index (χ1) is 9.97. The minimum absolute atomic E-state index is 0.0214. The van der Waals surface area contributed by atoms with Gasteiger partial charge in [-0.2, -0.15) is 5.10 Å². The van der Waals surface area contributed by atoms with Crippen LogP contribution in [-0.2, 0) is 21.4 Å². The number of rotatable bonds is 6. The van der Waals surface area contributed by atoms with Crippen molar-refractivity contribution in [1.29, 1.82) is 0 Å². The van der Waals surface area contributed by atoms with Gasteiger partial charge in [0.1, 0.15) is 10.6 Å². The third-order valence-corrected chi connectivity index (χ3v) is 5.18. The topological polar surface area (TPSA) is 108 Å². The molecule has 21 heavy (non-hydrogen) atoms. The van der Waals surface area contributed by atoms with Gasteiger partial charge in [0.05, 0.1) is 25.0 Å². The second-order valence-corrected chi connectivity index (χ2v) is 6.72. The van der Waals surface area contributed by atoms with Gasteiger partial charge in [-0.1, -0.05) is 6.92 Å². The molecule has 3 N–H and O–H groups in total. The molecule has 1 saturated heterocycles. The highest BCUT2D eigenvalue weighted by Gasteiger charge is 2.26. The maximum absolute atomic E-state index is 12.3. The van der Waals surface area contributed by atoms with Crippen molar-refractivity contribution in [2.75, 3.05) is 32.8 Å². The predicted molar refractivity (Wildman–Crippen MR) is 76.3 cm³/mol. The quantitative estimate of drug-likeness (QED) is 0.634. The third kappa shape index (κ3) is 3.80. The molecule has 0 amide bonds. The first-order valence-corrected chi connectivity index (χ1v) is 8.44. The summed E-state index contributed by atoms with van der Waals surface area (Å²) in [6.07, 6.45) is -0.168. The summed E-state index contributed by atoms with van der Waals surface area (Å²) in [6.45, 7) is 6.55. The van der Waals surface area contributed by atoms with Crippen molar-refractivity contribution in [3.63, 3.8) is 0 Å². The maximum atomic E-state index is 12.3. The molecule has 1 unspecified atom stereocenters. The average Bonchev–Trinajstić information content (AvgIpc) is 2.87. The molecule has 0 radical (unpaired) electrons. The molecular weight excluding hydrogens is 296 g/mol. The van der Waals surface area contributed by atoms with Crippen LogP contribution in [0.15, 0.2) is 4.90 Å². The molecule has 1 fully saturated rings. The van der Waals surface area contributed by atoms with Crippen molar-refractivity contribution >= 4 is 10.0 Å². The largest absolute Gasteiger partial charge is 0.390 e. The van der Waals surface area contributed by atoms with Gasteiger partial charge in [0.25, 0.3) is 0 Å². The Bertz CT molecular complexity index is 572. The molecule has 1 atom stereocenters. The van der Waals surface area contributed by atoms with Crippen LogP contribution in [0, 0.1) is 6.92 Å². The minimum Gasteiger partial charge on any atom is -0.390 e. The van der Waals surface area contributed by atoms with Gasteiger partial charge >= 0.3 is 0 Å². The number of ether oxygens (including phenoxy) is 1. The lowest BCUT2D eigenvalue weighted by atomic mass is 10.3. The number of aromatic nitrogens is 2. The number of sulfonamides is 1. The molecule has 1 aliphatic heterocycles. The molecular formula is C12H22N4O4S. The molecule has 0 bridgehead atoms. The monoisotopic (exact) mass is 318 g/mol. The summed E-state index contributed by atoms with van der Waals surface area (Å²) in [6, 6.07) is 0. The van der Waals surface area contributed by atoms with Crippen LogP contribution in [0.5, 0.6) is 0 Å². The summed E-state index contributed by atoms with van der Waals surface area (Å²) in [4.78, 5) is 2.23. The van der Waals surface area contributed by atoms with Crippen molar-refractivity contribution in [3.05, 3.63) is 11.4 Å². The zero-order valence-corrected chi connectivity index (χ0v) is 13.1. The van der Waals surface area contributed by atoms with Crippen molar-refractivity contribution in [3.8, 4) is 0 Å². The van der Waals surface area contributed by atoms with E-state index in [-0.39, 0.29) is 23.2 Å². The Morgan fingerprint density at radius 2 is 2.33 bits per heavy atom. The minimum atomic E-state index is -3.72. The van der Waals surface area contributed by atoms with Crippen LogP contribution in [0.1, 0.15) is 18.3 Å². The van der Waals surface area contributed by atoms with E-state index in [0.29, 0.717) is 18.8 Å². The highest BCUT2D eigenvalue weighted by atomic mass is 32.2. The molecule has 8 nitrogen and oxygen atoms in total. The molecule has 1 aliphatic rings. The van der Waals surface area contributed by atoms with E-state index < -0.39 is 16.6 Å². The van der Waals surface area contributed by atoms with Crippen molar-refractivity contribution in [2.45, 2.75) is 31.5 Å². The number of hydrogen-bond acceptors (Lipinski definition) is 6. The second kappa shape index (κ2) is 6.84. The summed E-state index contributed by atoms with van der Waals surface area (Å²) in [5.41, 5.74) is 0.533. The third-order valence-electron chi connectivity index (χ3n) is 3.55. The predicted octanol–water partition coefficient (Wildman–Crippen LogP) is -0.791. The SMILES string of the molecule is CCN1CCOC(CNS(=O)(=O)c2c(CO)n[nH]c2C)C1. The van der Waals surface area contributed by atoms with Crippen LogP contribution in [0.3, 0.4) is 0 Å². The Kier molecular flexibility index (Phi) is 5.33. The molecule has 2 heterocycles. The number of H-pyrrole nitrogens is 1. The number of nitrogens with one attached hydrogen (secondary N) is 2. The van der Waals surface area contributed by atoms with Crippen LogP contribution in [-0.4, -0.2) is 67.5 Å². The number of aliphatic hydroxyl groups excluding tert-OH is 1. The van der Waals surface area contributed by atoms with Crippen LogP contribution in [0.4, 0.5) is 0 Å².